The maximum absolute atomic E-state index is 12.1. The predicted octanol–water partition coefficient (Wildman–Crippen LogP) is 3.05. The monoisotopic (exact) mass is 307 g/mol. The number of ether oxygens (including phenoxy) is 1. The number of aryl methyl sites for hydroxylation is 1. The number of aromatic nitrogens is 3. The number of ketones is 1. The van der Waals surface area contributed by atoms with Gasteiger partial charge in [-0.1, -0.05) is 47.7 Å². The van der Waals surface area contributed by atoms with E-state index in [0.717, 1.165) is 11.3 Å². The average Bonchev–Trinajstić information content (AvgIpc) is 3.01. The molecule has 5 nitrogen and oxygen atoms in total. The Morgan fingerprint density at radius 1 is 1.13 bits per heavy atom. The van der Waals surface area contributed by atoms with Gasteiger partial charge in [-0.2, -0.15) is 0 Å². The third-order valence-electron chi connectivity index (χ3n) is 3.36. The first-order chi connectivity index (χ1) is 11.2. The third kappa shape index (κ3) is 4.03. The summed E-state index contributed by atoms with van der Waals surface area (Å²) in [6.07, 6.45) is 1.73. The van der Waals surface area contributed by atoms with Gasteiger partial charge in [0.2, 0.25) is 0 Å². The smallest absolute Gasteiger partial charge is 0.184 e. The molecule has 1 aromatic heterocycles. The van der Waals surface area contributed by atoms with Gasteiger partial charge in [-0.25, -0.2) is 4.68 Å². The molecule has 0 bridgehead atoms. The van der Waals surface area contributed by atoms with Crippen LogP contribution in [0.3, 0.4) is 0 Å². The Hall–Kier alpha value is -2.95. The highest BCUT2D eigenvalue weighted by Crippen LogP contribution is 2.13. The first-order valence-corrected chi connectivity index (χ1v) is 7.37. The van der Waals surface area contributed by atoms with E-state index < -0.39 is 0 Å². The highest BCUT2D eigenvalue weighted by molar-refractivity contribution is 5.95. The van der Waals surface area contributed by atoms with Crippen LogP contribution < -0.4 is 4.74 Å². The van der Waals surface area contributed by atoms with Crippen LogP contribution in [0.1, 0.15) is 21.6 Å². The van der Waals surface area contributed by atoms with Crippen molar-refractivity contribution in [2.45, 2.75) is 20.1 Å². The normalized spacial score (nSPS) is 10.5. The lowest BCUT2D eigenvalue weighted by Gasteiger charge is -2.04. The van der Waals surface area contributed by atoms with E-state index in [1.54, 1.807) is 18.3 Å². The molecule has 0 atom stereocenters. The van der Waals surface area contributed by atoms with E-state index in [1.165, 1.54) is 4.68 Å². The predicted molar refractivity (Wildman–Crippen MR) is 86.3 cm³/mol. The molecular formula is C18H17N3O2. The van der Waals surface area contributed by atoms with E-state index in [1.807, 2.05) is 49.4 Å². The Kier molecular flexibility index (Phi) is 4.47. The van der Waals surface area contributed by atoms with Crippen molar-refractivity contribution >= 4 is 5.78 Å². The van der Waals surface area contributed by atoms with Gasteiger partial charge in [-0.15, -0.1) is 5.10 Å². The zero-order valence-electron chi connectivity index (χ0n) is 12.8. The maximum atomic E-state index is 12.1. The summed E-state index contributed by atoms with van der Waals surface area (Å²) >= 11 is 0. The number of Topliss-reactive ketones (excluding diaryl/α,β-unsaturated/α-hetero) is 1. The van der Waals surface area contributed by atoms with E-state index in [9.17, 15) is 4.79 Å². The summed E-state index contributed by atoms with van der Waals surface area (Å²) in [6.45, 7) is 2.50. The van der Waals surface area contributed by atoms with Crippen LogP contribution in [0.4, 0.5) is 0 Å². The summed E-state index contributed by atoms with van der Waals surface area (Å²) in [4.78, 5) is 12.1. The van der Waals surface area contributed by atoms with Crippen LogP contribution in [-0.4, -0.2) is 20.8 Å². The Labute approximate surface area is 134 Å². The minimum absolute atomic E-state index is 0.00153. The van der Waals surface area contributed by atoms with Crippen molar-refractivity contribution in [3.05, 3.63) is 77.6 Å². The zero-order valence-corrected chi connectivity index (χ0v) is 12.8. The lowest BCUT2D eigenvalue weighted by molar-refractivity contribution is 0.0967. The SMILES string of the molecule is Cc1cccc(OCc2cn(CC(=O)c3ccccc3)nn2)c1. The molecule has 0 unspecified atom stereocenters. The highest BCUT2D eigenvalue weighted by atomic mass is 16.5. The Morgan fingerprint density at radius 2 is 1.96 bits per heavy atom. The summed E-state index contributed by atoms with van der Waals surface area (Å²) in [5.74, 6) is 0.793. The Bertz CT molecular complexity index is 797. The first-order valence-electron chi connectivity index (χ1n) is 7.37. The molecule has 0 N–H and O–H groups in total. The molecule has 0 aliphatic heterocycles. The van der Waals surface area contributed by atoms with Crippen LogP contribution in [0.2, 0.25) is 0 Å². The summed E-state index contributed by atoms with van der Waals surface area (Å²) < 4.78 is 7.21. The minimum atomic E-state index is 0.00153. The molecular weight excluding hydrogens is 290 g/mol. The molecule has 3 rings (SSSR count). The van der Waals surface area contributed by atoms with Crippen molar-refractivity contribution in [1.82, 2.24) is 15.0 Å². The molecule has 1 heterocycles. The molecule has 3 aromatic rings. The van der Waals surface area contributed by atoms with Crippen molar-refractivity contribution in [3.8, 4) is 5.75 Å². The van der Waals surface area contributed by atoms with E-state index in [4.69, 9.17) is 4.74 Å². The molecule has 0 radical (unpaired) electrons. The molecule has 5 heteroatoms. The van der Waals surface area contributed by atoms with Crippen LogP contribution in [-0.2, 0) is 13.2 Å². The van der Waals surface area contributed by atoms with Gasteiger partial charge in [-0.3, -0.25) is 4.79 Å². The highest BCUT2D eigenvalue weighted by Gasteiger charge is 2.08. The van der Waals surface area contributed by atoms with Crippen molar-refractivity contribution in [1.29, 1.82) is 0 Å². The fourth-order valence-corrected chi connectivity index (χ4v) is 2.21. The van der Waals surface area contributed by atoms with Gasteiger partial charge in [0, 0.05) is 5.56 Å². The lowest BCUT2D eigenvalue weighted by Crippen LogP contribution is -2.10. The van der Waals surface area contributed by atoms with Crippen molar-refractivity contribution in [2.75, 3.05) is 0 Å². The topological polar surface area (TPSA) is 57.0 Å². The standard InChI is InChI=1S/C18H17N3O2/c1-14-6-5-9-17(10-14)23-13-16-11-21(20-19-16)12-18(22)15-7-3-2-4-8-15/h2-11H,12-13H2,1H3. The fraction of sp³-hybridized carbons (Fsp3) is 0.167. The summed E-state index contributed by atoms with van der Waals surface area (Å²) in [6, 6.07) is 17.0. The average molecular weight is 307 g/mol. The van der Waals surface area contributed by atoms with Gasteiger partial charge >= 0.3 is 0 Å². The molecule has 0 fully saturated rings. The minimum Gasteiger partial charge on any atom is -0.487 e. The fourth-order valence-electron chi connectivity index (χ4n) is 2.21. The van der Waals surface area contributed by atoms with Crippen LogP contribution in [0, 0.1) is 6.92 Å². The van der Waals surface area contributed by atoms with Gasteiger partial charge < -0.3 is 4.74 Å². The number of carbonyl (C=O) groups excluding carboxylic acids is 1. The third-order valence-corrected chi connectivity index (χ3v) is 3.36. The molecule has 0 saturated carbocycles. The van der Waals surface area contributed by atoms with Crippen molar-refractivity contribution < 1.29 is 9.53 Å². The molecule has 0 amide bonds. The lowest BCUT2D eigenvalue weighted by atomic mass is 10.1. The summed E-state index contributed by atoms with van der Waals surface area (Å²) in [5.41, 5.74) is 2.49. The second kappa shape index (κ2) is 6.87. The largest absolute Gasteiger partial charge is 0.487 e. The molecule has 116 valence electrons. The van der Waals surface area contributed by atoms with Gasteiger partial charge in [-0.05, 0) is 24.6 Å². The Morgan fingerprint density at radius 3 is 2.74 bits per heavy atom. The first kappa shape index (κ1) is 15.0. The van der Waals surface area contributed by atoms with Gasteiger partial charge in [0.15, 0.2) is 5.78 Å². The molecule has 0 spiro atoms. The second-order valence-corrected chi connectivity index (χ2v) is 5.30. The van der Waals surface area contributed by atoms with Gasteiger partial charge in [0.05, 0.1) is 6.20 Å². The number of carbonyl (C=O) groups is 1. The maximum Gasteiger partial charge on any atom is 0.184 e. The van der Waals surface area contributed by atoms with Crippen LogP contribution in [0.25, 0.3) is 0 Å². The van der Waals surface area contributed by atoms with Crippen LogP contribution in [0.5, 0.6) is 5.75 Å². The van der Waals surface area contributed by atoms with E-state index in [2.05, 4.69) is 10.3 Å². The van der Waals surface area contributed by atoms with Crippen LogP contribution >= 0.6 is 0 Å². The Balaban J connectivity index is 1.59. The van der Waals surface area contributed by atoms with E-state index >= 15 is 0 Å². The molecule has 0 saturated heterocycles. The quantitative estimate of drug-likeness (QED) is 0.657. The van der Waals surface area contributed by atoms with E-state index in [-0.39, 0.29) is 12.3 Å². The van der Waals surface area contributed by atoms with Gasteiger partial charge in [0.1, 0.15) is 24.6 Å². The molecule has 0 aliphatic carbocycles. The summed E-state index contributed by atoms with van der Waals surface area (Å²) in [5, 5.41) is 8.01. The molecule has 23 heavy (non-hydrogen) atoms. The van der Waals surface area contributed by atoms with E-state index in [0.29, 0.717) is 17.9 Å². The molecule has 0 aliphatic rings. The number of nitrogens with zero attached hydrogens (tertiary/aromatic N) is 3. The number of rotatable bonds is 6. The van der Waals surface area contributed by atoms with Gasteiger partial charge in [0.25, 0.3) is 0 Å². The van der Waals surface area contributed by atoms with Crippen LogP contribution in [0.15, 0.2) is 60.8 Å². The number of benzene rings is 2. The molecule has 2 aromatic carbocycles. The van der Waals surface area contributed by atoms with Crippen molar-refractivity contribution in [2.24, 2.45) is 0 Å². The number of hydrogen-bond donors (Lipinski definition) is 0. The number of hydrogen-bond acceptors (Lipinski definition) is 4. The second-order valence-electron chi connectivity index (χ2n) is 5.30. The zero-order chi connectivity index (χ0) is 16.1. The van der Waals surface area contributed by atoms with Crippen molar-refractivity contribution in [3.63, 3.8) is 0 Å². The summed E-state index contributed by atoms with van der Waals surface area (Å²) in [7, 11) is 0.